The van der Waals surface area contributed by atoms with Crippen molar-refractivity contribution in [2.75, 3.05) is 5.32 Å². The fourth-order valence-electron chi connectivity index (χ4n) is 1.94. The fraction of sp³-hybridized carbons (Fsp3) is 0.200. The number of benzene rings is 2. The van der Waals surface area contributed by atoms with Crippen molar-refractivity contribution in [3.05, 3.63) is 58.9 Å². The first-order valence-electron chi connectivity index (χ1n) is 5.84. The van der Waals surface area contributed by atoms with Crippen molar-refractivity contribution in [1.29, 1.82) is 0 Å². The minimum Gasteiger partial charge on any atom is -0.508 e. The summed E-state index contributed by atoms with van der Waals surface area (Å²) < 4.78 is 13.1. The molecule has 0 spiro atoms. The molecule has 0 aliphatic carbocycles. The van der Waals surface area contributed by atoms with E-state index in [0.717, 1.165) is 17.3 Å². The van der Waals surface area contributed by atoms with Crippen molar-refractivity contribution in [2.45, 2.75) is 20.4 Å². The molecule has 0 saturated heterocycles. The summed E-state index contributed by atoms with van der Waals surface area (Å²) >= 11 is 0. The van der Waals surface area contributed by atoms with E-state index >= 15 is 0 Å². The number of rotatable bonds is 3. The summed E-state index contributed by atoms with van der Waals surface area (Å²) in [5, 5.41) is 12.5. The van der Waals surface area contributed by atoms with Crippen LogP contribution in [-0.4, -0.2) is 5.11 Å². The van der Waals surface area contributed by atoms with Crippen LogP contribution in [0, 0.1) is 19.7 Å². The molecule has 0 aromatic heterocycles. The van der Waals surface area contributed by atoms with E-state index in [4.69, 9.17) is 0 Å². The standard InChI is InChI=1S/C15H16FNO/c1-10-3-4-15(11(2)5-10)17-9-12-6-13(16)8-14(18)7-12/h3-8,17-18H,9H2,1-2H3. The monoisotopic (exact) mass is 245 g/mol. The van der Waals surface area contributed by atoms with Gasteiger partial charge in [-0.3, -0.25) is 0 Å². The molecule has 2 aromatic carbocycles. The third-order valence-corrected chi connectivity index (χ3v) is 2.81. The lowest BCUT2D eigenvalue weighted by atomic mass is 10.1. The number of anilines is 1. The zero-order valence-electron chi connectivity index (χ0n) is 10.5. The maximum absolute atomic E-state index is 13.1. The summed E-state index contributed by atoms with van der Waals surface area (Å²) in [6, 6.07) is 10.2. The topological polar surface area (TPSA) is 32.3 Å². The predicted octanol–water partition coefficient (Wildman–Crippen LogP) is 3.76. The zero-order chi connectivity index (χ0) is 13.1. The van der Waals surface area contributed by atoms with Crippen molar-refractivity contribution in [2.24, 2.45) is 0 Å². The summed E-state index contributed by atoms with van der Waals surface area (Å²) in [6.45, 7) is 4.55. The van der Waals surface area contributed by atoms with Gasteiger partial charge in [-0.05, 0) is 43.2 Å². The molecule has 0 fully saturated rings. The highest BCUT2D eigenvalue weighted by atomic mass is 19.1. The molecule has 0 aliphatic heterocycles. The number of phenolic OH excluding ortho intramolecular Hbond substituents is 1. The first kappa shape index (κ1) is 12.4. The first-order valence-corrected chi connectivity index (χ1v) is 5.84. The molecule has 0 unspecified atom stereocenters. The van der Waals surface area contributed by atoms with Crippen molar-refractivity contribution < 1.29 is 9.50 Å². The van der Waals surface area contributed by atoms with Crippen LogP contribution in [0.3, 0.4) is 0 Å². The third kappa shape index (κ3) is 3.00. The number of nitrogens with one attached hydrogen (secondary N) is 1. The molecule has 2 N–H and O–H groups in total. The van der Waals surface area contributed by atoms with Gasteiger partial charge < -0.3 is 10.4 Å². The van der Waals surface area contributed by atoms with E-state index in [0.29, 0.717) is 12.1 Å². The van der Waals surface area contributed by atoms with Gasteiger partial charge in [0.1, 0.15) is 11.6 Å². The molecule has 2 aromatic rings. The molecule has 18 heavy (non-hydrogen) atoms. The average molecular weight is 245 g/mol. The van der Waals surface area contributed by atoms with E-state index < -0.39 is 5.82 Å². The molecule has 2 rings (SSSR count). The number of halogens is 1. The maximum Gasteiger partial charge on any atom is 0.127 e. The van der Waals surface area contributed by atoms with Crippen LogP contribution < -0.4 is 5.32 Å². The second-order valence-electron chi connectivity index (χ2n) is 4.49. The molecule has 94 valence electrons. The Morgan fingerprint density at radius 1 is 1.11 bits per heavy atom. The van der Waals surface area contributed by atoms with Crippen LogP contribution in [0.4, 0.5) is 10.1 Å². The third-order valence-electron chi connectivity index (χ3n) is 2.81. The van der Waals surface area contributed by atoms with Gasteiger partial charge in [-0.25, -0.2) is 4.39 Å². The second-order valence-corrected chi connectivity index (χ2v) is 4.49. The van der Waals surface area contributed by atoms with Crippen LogP contribution in [-0.2, 0) is 6.54 Å². The molecular formula is C15H16FNO. The maximum atomic E-state index is 13.1. The quantitative estimate of drug-likeness (QED) is 0.863. The Balaban J connectivity index is 2.11. The van der Waals surface area contributed by atoms with Gasteiger partial charge in [-0.15, -0.1) is 0 Å². The number of aryl methyl sites for hydroxylation is 2. The SMILES string of the molecule is Cc1ccc(NCc2cc(O)cc(F)c2)c(C)c1. The van der Waals surface area contributed by atoms with Gasteiger partial charge in [0, 0.05) is 18.3 Å². The Bertz CT molecular complexity index is 546. The molecule has 0 radical (unpaired) electrons. The minimum absolute atomic E-state index is 0.0487. The first-order chi connectivity index (χ1) is 8.54. The number of phenols is 1. The number of aromatic hydroxyl groups is 1. The lowest BCUT2D eigenvalue weighted by Crippen LogP contribution is -2.01. The number of hydrogen-bond acceptors (Lipinski definition) is 2. The highest BCUT2D eigenvalue weighted by Gasteiger charge is 2.01. The molecule has 0 bridgehead atoms. The van der Waals surface area contributed by atoms with Gasteiger partial charge in [-0.2, -0.15) is 0 Å². The van der Waals surface area contributed by atoms with Crippen LogP contribution in [0.15, 0.2) is 36.4 Å². The largest absolute Gasteiger partial charge is 0.508 e. The minimum atomic E-state index is -0.424. The molecule has 0 aliphatic rings. The van der Waals surface area contributed by atoms with Crippen LogP contribution in [0.25, 0.3) is 0 Å². The Hall–Kier alpha value is -2.03. The number of hydrogen-bond donors (Lipinski definition) is 2. The van der Waals surface area contributed by atoms with Crippen molar-refractivity contribution in [3.8, 4) is 5.75 Å². The summed E-state index contributed by atoms with van der Waals surface area (Å²) in [7, 11) is 0. The average Bonchev–Trinajstić information content (AvgIpc) is 2.26. The van der Waals surface area contributed by atoms with Gasteiger partial charge in [0.2, 0.25) is 0 Å². The van der Waals surface area contributed by atoms with Gasteiger partial charge >= 0.3 is 0 Å². The smallest absolute Gasteiger partial charge is 0.127 e. The van der Waals surface area contributed by atoms with E-state index in [-0.39, 0.29) is 5.75 Å². The van der Waals surface area contributed by atoms with Gasteiger partial charge in [0.15, 0.2) is 0 Å². The molecule has 3 heteroatoms. The zero-order valence-corrected chi connectivity index (χ0v) is 10.5. The van der Waals surface area contributed by atoms with E-state index in [2.05, 4.69) is 11.4 Å². The summed E-state index contributed by atoms with van der Waals surface area (Å²) in [6.07, 6.45) is 0. The molecular weight excluding hydrogens is 229 g/mol. The second kappa shape index (κ2) is 5.08. The van der Waals surface area contributed by atoms with Crippen molar-refractivity contribution >= 4 is 5.69 Å². The Morgan fingerprint density at radius 2 is 1.89 bits per heavy atom. The lowest BCUT2D eigenvalue weighted by molar-refractivity contribution is 0.468. The van der Waals surface area contributed by atoms with Crippen LogP contribution in [0.1, 0.15) is 16.7 Å². The van der Waals surface area contributed by atoms with Crippen LogP contribution in [0.5, 0.6) is 5.75 Å². The van der Waals surface area contributed by atoms with Crippen molar-refractivity contribution in [1.82, 2.24) is 0 Å². The molecule has 0 heterocycles. The molecule has 0 atom stereocenters. The van der Waals surface area contributed by atoms with Crippen molar-refractivity contribution in [3.63, 3.8) is 0 Å². The highest BCUT2D eigenvalue weighted by Crippen LogP contribution is 2.19. The van der Waals surface area contributed by atoms with Gasteiger partial charge in [0.05, 0.1) is 0 Å². The molecule has 0 saturated carbocycles. The Morgan fingerprint density at radius 3 is 2.56 bits per heavy atom. The van der Waals surface area contributed by atoms with Crippen LogP contribution in [0.2, 0.25) is 0 Å². The molecule has 0 amide bonds. The van der Waals surface area contributed by atoms with E-state index in [1.807, 2.05) is 26.0 Å². The summed E-state index contributed by atoms with van der Waals surface area (Å²) in [5.41, 5.74) is 4.09. The summed E-state index contributed by atoms with van der Waals surface area (Å²) in [4.78, 5) is 0. The molecule has 2 nitrogen and oxygen atoms in total. The normalized spacial score (nSPS) is 10.4. The predicted molar refractivity (Wildman–Crippen MR) is 71.3 cm³/mol. The van der Waals surface area contributed by atoms with Gasteiger partial charge in [0.25, 0.3) is 0 Å². The Kier molecular flexibility index (Phi) is 3.51. The fourth-order valence-corrected chi connectivity index (χ4v) is 1.94. The highest BCUT2D eigenvalue weighted by molar-refractivity contribution is 5.52. The van der Waals surface area contributed by atoms with E-state index in [1.165, 1.54) is 11.6 Å². The van der Waals surface area contributed by atoms with E-state index in [9.17, 15) is 9.50 Å². The lowest BCUT2D eigenvalue weighted by Gasteiger charge is -2.10. The van der Waals surface area contributed by atoms with Gasteiger partial charge in [-0.1, -0.05) is 17.7 Å². The Labute approximate surface area is 106 Å². The summed E-state index contributed by atoms with van der Waals surface area (Å²) in [5.74, 6) is -0.472. The van der Waals surface area contributed by atoms with E-state index in [1.54, 1.807) is 6.07 Å². The van der Waals surface area contributed by atoms with Crippen LogP contribution >= 0.6 is 0 Å².